The third-order valence-electron chi connectivity index (χ3n) is 4.95. The van der Waals surface area contributed by atoms with Crippen LogP contribution in [0.2, 0.25) is 0 Å². The van der Waals surface area contributed by atoms with Crippen LogP contribution < -0.4 is 15.2 Å². The summed E-state index contributed by atoms with van der Waals surface area (Å²) in [6.45, 7) is 3.85. The molecule has 10 heteroatoms. The zero-order valence-corrected chi connectivity index (χ0v) is 18.7. The van der Waals surface area contributed by atoms with Gasteiger partial charge in [0.2, 0.25) is 21.8 Å². The highest BCUT2D eigenvalue weighted by Gasteiger charge is 2.30. The van der Waals surface area contributed by atoms with E-state index in [9.17, 15) is 13.2 Å². The van der Waals surface area contributed by atoms with Gasteiger partial charge in [0, 0.05) is 29.6 Å². The monoisotopic (exact) mass is 453 g/mol. The third-order valence-corrected chi connectivity index (χ3v) is 5.54. The molecule has 0 bridgehead atoms. The van der Waals surface area contributed by atoms with E-state index < -0.39 is 15.9 Å². The topological polar surface area (TPSA) is 137 Å². The van der Waals surface area contributed by atoms with Crippen LogP contribution in [0.4, 0.5) is 5.69 Å². The van der Waals surface area contributed by atoms with Gasteiger partial charge in [0.25, 0.3) is 0 Å². The molecule has 0 atom stereocenters. The van der Waals surface area contributed by atoms with Crippen LogP contribution in [0.1, 0.15) is 46.1 Å². The van der Waals surface area contributed by atoms with Crippen molar-refractivity contribution in [2.45, 2.75) is 32.6 Å². The summed E-state index contributed by atoms with van der Waals surface area (Å²) in [6, 6.07) is 6.65. The number of aromatic nitrogens is 3. The summed E-state index contributed by atoms with van der Waals surface area (Å²) in [6.07, 6.45) is 6.02. The highest BCUT2D eigenvalue weighted by atomic mass is 32.2. The van der Waals surface area contributed by atoms with E-state index in [1.807, 2.05) is 19.9 Å². The molecule has 166 valence electrons. The summed E-state index contributed by atoms with van der Waals surface area (Å²) in [4.78, 5) is 24.8. The number of carbonyl (C=O) groups excluding carboxylic acids is 1. The van der Waals surface area contributed by atoms with Gasteiger partial charge in [-0.25, -0.2) is 13.4 Å². The predicted octanol–water partition coefficient (Wildman–Crippen LogP) is 3.30. The molecule has 1 amide bonds. The van der Waals surface area contributed by atoms with Crippen molar-refractivity contribution in [2.24, 2.45) is 5.73 Å². The molecule has 0 aromatic carbocycles. The molecule has 3 heterocycles. The Bertz CT molecular complexity index is 1320. The summed E-state index contributed by atoms with van der Waals surface area (Å²) >= 11 is 0. The normalized spacial score (nSPS) is 13.6. The Labute approximate surface area is 186 Å². The number of hydrogen-bond donors (Lipinski definition) is 2. The van der Waals surface area contributed by atoms with E-state index >= 15 is 0 Å². The molecule has 0 aliphatic heterocycles. The second kappa shape index (κ2) is 8.19. The lowest BCUT2D eigenvalue weighted by Crippen LogP contribution is -2.12. The largest absolute Gasteiger partial charge is 0.435 e. The van der Waals surface area contributed by atoms with E-state index in [1.165, 1.54) is 12.4 Å². The average Bonchev–Trinajstić information content (AvgIpc) is 3.55. The molecule has 3 aromatic rings. The van der Waals surface area contributed by atoms with Crippen LogP contribution >= 0.6 is 0 Å². The Balaban J connectivity index is 1.82. The number of sulfonamides is 1. The summed E-state index contributed by atoms with van der Waals surface area (Å²) in [7, 11) is -3.58. The van der Waals surface area contributed by atoms with Crippen molar-refractivity contribution < 1.29 is 17.9 Å². The van der Waals surface area contributed by atoms with E-state index in [0.29, 0.717) is 22.9 Å². The minimum atomic E-state index is -3.58. The molecule has 1 aliphatic carbocycles. The van der Waals surface area contributed by atoms with Crippen molar-refractivity contribution in [3.8, 4) is 22.9 Å². The first-order valence-corrected chi connectivity index (χ1v) is 11.9. The quantitative estimate of drug-likeness (QED) is 0.560. The van der Waals surface area contributed by atoms with Gasteiger partial charge in [-0.1, -0.05) is 0 Å². The fraction of sp³-hybridized carbons (Fsp3) is 0.273. The number of anilines is 1. The van der Waals surface area contributed by atoms with Gasteiger partial charge < -0.3 is 10.5 Å². The smallest absolute Gasteiger partial charge is 0.250 e. The molecule has 0 radical (unpaired) electrons. The number of nitrogens with two attached hydrogens (primary N) is 1. The van der Waals surface area contributed by atoms with Gasteiger partial charge in [0.05, 0.1) is 23.2 Å². The maximum Gasteiger partial charge on any atom is 0.250 e. The van der Waals surface area contributed by atoms with Crippen molar-refractivity contribution in [1.82, 2.24) is 15.0 Å². The average molecular weight is 454 g/mol. The second-order valence-corrected chi connectivity index (χ2v) is 9.67. The first-order chi connectivity index (χ1) is 15.1. The van der Waals surface area contributed by atoms with Gasteiger partial charge in [-0.3, -0.25) is 19.5 Å². The number of nitrogens with one attached hydrogen (secondary N) is 1. The highest BCUT2D eigenvalue weighted by molar-refractivity contribution is 7.92. The van der Waals surface area contributed by atoms with Gasteiger partial charge in [-0.05, 0) is 56.5 Å². The number of primary amides is 1. The van der Waals surface area contributed by atoms with Crippen molar-refractivity contribution in [1.29, 1.82) is 0 Å². The zero-order chi connectivity index (χ0) is 23.0. The Kier molecular flexibility index (Phi) is 5.55. The van der Waals surface area contributed by atoms with Crippen molar-refractivity contribution >= 4 is 21.6 Å². The molecule has 3 N–H and O–H groups in total. The zero-order valence-electron chi connectivity index (χ0n) is 17.9. The molecule has 4 rings (SSSR count). The molecule has 0 unspecified atom stereocenters. The molecule has 9 nitrogen and oxygen atoms in total. The van der Waals surface area contributed by atoms with Gasteiger partial charge in [-0.2, -0.15) is 0 Å². The van der Waals surface area contributed by atoms with Crippen LogP contribution in [0.15, 0.2) is 36.7 Å². The fourth-order valence-electron chi connectivity index (χ4n) is 3.39. The highest BCUT2D eigenvalue weighted by Crippen LogP contribution is 2.46. The summed E-state index contributed by atoms with van der Waals surface area (Å²) < 4.78 is 32.5. The first kappa shape index (κ1) is 21.7. The number of hydrogen-bond acceptors (Lipinski definition) is 7. The lowest BCUT2D eigenvalue weighted by Gasteiger charge is -2.17. The number of pyridine rings is 3. The maximum absolute atomic E-state index is 11.9. The van der Waals surface area contributed by atoms with Crippen LogP contribution in [-0.2, 0) is 10.0 Å². The van der Waals surface area contributed by atoms with Gasteiger partial charge in [-0.15, -0.1) is 0 Å². The van der Waals surface area contributed by atoms with E-state index in [-0.39, 0.29) is 17.1 Å². The molecule has 1 aliphatic rings. The Morgan fingerprint density at radius 1 is 1.16 bits per heavy atom. The van der Waals surface area contributed by atoms with Crippen LogP contribution in [-0.4, -0.2) is 35.5 Å². The lowest BCUT2D eigenvalue weighted by atomic mass is 10.1. The first-order valence-electron chi connectivity index (χ1n) is 10.0. The fourth-order valence-corrected chi connectivity index (χ4v) is 3.94. The lowest BCUT2D eigenvalue weighted by molar-refractivity contribution is 0.1000. The van der Waals surface area contributed by atoms with Crippen LogP contribution in [0.5, 0.6) is 11.6 Å². The number of ether oxygens (including phenoxy) is 1. The van der Waals surface area contributed by atoms with Crippen molar-refractivity contribution in [3.05, 3.63) is 59.2 Å². The van der Waals surface area contributed by atoms with E-state index in [2.05, 4.69) is 19.7 Å². The van der Waals surface area contributed by atoms with E-state index in [1.54, 1.807) is 18.2 Å². The predicted molar refractivity (Wildman–Crippen MR) is 120 cm³/mol. The maximum atomic E-state index is 11.9. The van der Waals surface area contributed by atoms with Gasteiger partial charge >= 0.3 is 0 Å². The summed E-state index contributed by atoms with van der Waals surface area (Å²) in [5.41, 5.74) is 9.39. The molecular weight excluding hydrogens is 430 g/mol. The minimum absolute atomic E-state index is 0.0769. The van der Waals surface area contributed by atoms with Crippen molar-refractivity contribution in [3.63, 3.8) is 0 Å². The van der Waals surface area contributed by atoms with Crippen LogP contribution in [0.25, 0.3) is 11.3 Å². The van der Waals surface area contributed by atoms with Gasteiger partial charge in [0.1, 0.15) is 5.69 Å². The molecule has 1 saturated carbocycles. The summed E-state index contributed by atoms with van der Waals surface area (Å²) in [5.74, 6) is 0.354. The van der Waals surface area contributed by atoms with Crippen LogP contribution in [0.3, 0.4) is 0 Å². The molecular formula is C22H23N5O4S. The molecule has 3 aromatic heterocycles. The molecule has 32 heavy (non-hydrogen) atoms. The Hall–Kier alpha value is -3.53. The number of amides is 1. The SMILES string of the molecule is Cc1cc(C)c(Oc2nc(-c3cncc(C(N)=O)c3)ccc2NS(C)(=O)=O)c(C2CC2)n1. The number of nitrogens with zero attached hydrogens (tertiary/aromatic N) is 3. The van der Waals surface area contributed by atoms with Crippen molar-refractivity contribution in [2.75, 3.05) is 11.0 Å². The molecule has 0 saturated heterocycles. The van der Waals surface area contributed by atoms with E-state index in [4.69, 9.17) is 10.5 Å². The van der Waals surface area contributed by atoms with Crippen LogP contribution in [0, 0.1) is 13.8 Å². The number of aryl methyl sites for hydroxylation is 2. The van der Waals surface area contributed by atoms with E-state index in [0.717, 1.165) is 36.0 Å². The summed E-state index contributed by atoms with van der Waals surface area (Å²) in [5, 5.41) is 0. The molecule has 1 fully saturated rings. The minimum Gasteiger partial charge on any atom is -0.435 e. The van der Waals surface area contributed by atoms with Gasteiger partial charge in [0.15, 0.2) is 5.75 Å². The standard InChI is InChI=1S/C22H23N5O4S/c1-12-8-13(2)25-19(14-4-5-14)20(12)31-22-18(27-32(3,29)30)7-6-17(26-22)15-9-16(21(23)28)11-24-10-15/h6-11,14,27H,4-5H2,1-3H3,(H2,23,28). The molecule has 0 spiro atoms. The second-order valence-electron chi connectivity index (χ2n) is 7.92. The third kappa shape index (κ3) is 4.86. The Morgan fingerprint density at radius 3 is 2.56 bits per heavy atom. The number of carbonyl (C=O) groups is 1. The Morgan fingerprint density at radius 2 is 1.91 bits per heavy atom. The number of rotatable bonds is 7.